The summed E-state index contributed by atoms with van der Waals surface area (Å²) >= 11 is 0. The molecule has 0 saturated heterocycles. The predicted molar refractivity (Wildman–Crippen MR) is 84.5 cm³/mol. The molecule has 0 aromatic heterocycles. The zero-order valence-electron chi connectivity index (χ0n) is 12.4. The molecule has 2 unspecified atom stereocenters. The van der Waals surface area contributed by atoms with Gasteiger partial charge < -0.3 is 5.32 Å². The summed E-state index contributed by atoms with van der Waals surface area (Å²) in [4.78, 5) is 0. The fraction of sp³-hybridized carbons (Fsp3) is 0.600. The summed E-state index contributed by atoms with van der Waals surface area (Å²) in [6, 6.07) is 7.88. The zero-order valence-corrected chi connectivity index (χ0v) is 13.2. The Morgan fingerprint density at radius 3 is 2.15 bits per heavy atom. The third-order valence-corrected chi connectivity index (χ3v) is 4.68. The second kappa shape index (κ2) is 6.04. The second-order valence-electron chi connectivity index (χ2n) is 5.98. The molecule has 2 atom stereocenters. The van der Waals surface area contributed by atoms with E-state index in [1.54, 1.807) is 6.07 Å². The summed E-state index contributed by atoms with van der Waals surface area (Å²) in [5.41, 5.74) is 1.49. The van der Waals surface area contributed by atoms with Gasteiger partial charge in [0.1, 0.15) is 0 Å². The van der Waals surface area contributed by atoms with Crippen LogP contribution in [0.15, 0.2) is 24.3 Å². The summed E-state index contributed by atoms with van der Waals surface area (Å²) in [5.74, 6) is 1.20. The van der Waals surface area contributed by atoms with Gasteiger partial charge in [-0.25, -0.2) is 8.42 Å². The van der Waals surface area contributed by atoms with Gasteiger partial charge >= 0.3 is 0 Å². The van der Waals surface area contributed by atoms with E-state index in [1.807, 2.05) is 18.2 Å². The van der Waals surface area contributed by atoms with Crippen LogP contribution < -0.4 is 10.0 Å². The molecule has 2 N–H and O–H groups in total. The zero-order chi connectivity index (χ0) is 14.8. The van der Waals surface area contributed by atoms with Crippen molar-refractivity contribution in [3.05, 3.63) is 24.3 Å². The van der Waals surface area contributed by atoms with Gasteiger partial charge in [-0.1, -0.05) is 32.4 Å². The van der Waals surface area contributed by atoms with Crippen molar-refractivity contribution < 1.29 is 8.42 Å². The topological polar surface area (TPSA) is 58.2 Å². The number of nitrogens with one attached hydrogen (secondary N) is 2. The Hall–Kier alpha value is -1.23. The van der Waals surface area contributed by atoms with Crippen LogP contribution in [0.3, 0.4) is 0 Å². The van der Waals surface area contributed by atoms with Gasteiger partial charge in [0.25, 0.3) is 0 Å². The monoisotopic (exact) mass is 296 g/mol. The van der Waals surface area contributed by atoms with Gasteiger partial charge in [-0.2, -0.15) is 0 Å². The van der Waals surface area contributed by atoms with E-state index in [0.29, 0.717) is 23.6 Å². The number of sulfonamides is 1. The van der Waals surface area contributed by atoms with Crippen LogP contribution in [0.25, 0.3) is 0 Å². The summed E-state index contributed by atoms with van der Waals surface area (Å²) in [5, 5.41) is 3.54. The normalized spacial score (nSPS) is 27.1. The van der Waals surface area contributed by atoms with Crippen molar-refractivity contribution in [3.63, 3.8) is 0 Å². The number of hydrogen-bond donors (Lipinski definition) is 2. The Bertz CT molecular complexity index is 547. The van der Waals surface area contributed by atoms with Gasteiger partial charge in [-0.05, 0) is 36.8 Å². The van der Waals surface area contributed by atoms with Gasteiger partial charge in [-0.15, -0.1) is 0 Å². The lowest BCUT2D eigenvalue weighted by Gasteiger charge is -2.36. The van der Waals surface area contributed by atoms with Crippen molar-refractivity contribution in [2.45, 2.75) is 39.2 Å². The van der Waals surface area contributed by atoms with Crippen molar-refractivity contribution in [1.29, 1.82) is 0 Å². The third kappa shape index (κ3) is 3.88. The largest absolute Gasteiger partial charge is 0.380 e. The molecule has 1 aliphatic carbocycles. The average molecular weight is 296 g/mol. The Balaban J connectivity index is 2.20. The molecule has 0 bridgehead atoms. The van der Waals surface area contributed by atoms with Crippen molar-refractivity contribution in [2.24, 2.45) is 11.8 Å². The number of rotatable bonds is 4. The SMILES string of the molecule is CC1CCCC(C)C1Nc1ccccc1NS(C)(=O)=O. The molecule has 1 saturated carbocycles. The smallest absolute Gasteiger partial charge is 0.229 e. The minimum absolute atomic E-state index is 0.395. The highest BCUT2D eigenvalue weighted by Crippen LogP contribution is 2.33. The molecular weight excluding hydrogens is 272 g/mol. The van der Waals surface area contributed by atoms with Gasteiger partial charge in [0.15, 0.2) is 0 Å². The molecule has 0 radical (unpaired) electrons. The summed E-state index contributed by atoms with van der Waals surface area (Å²) < 4.78 is 25.4. The molecule has 0 spiro atoms. The molecule has 1 aromatic carbocycles. The minimum Gasteiger partial charge on any atom is -0.380 e. The standard InChI is InChI=1S/C15H24N2O2S/c1-11-7-6-8-12(2)15(11)16-13-9-4-5-10-14(13)17-20(3,18)19/h4-5,9-12,15-17H,6-8H2,1-3H3. The van der Waals surface area contributed by atoms with Crippen molar-refractivity contribution in [2.75, 3.05) is 16.3 Å². The van der Waals surface area contributed by atoms with Crippen molar-refractivity contribution in [1.82, 2.24) is 0 Å². The van der Waals surface area contributed by atoms with E-state index in [9.17, 15) is 8.42 Å². The lowest BCUT2D eigenvalue weighted by atomic mass is 9.78. The minimum atomic E-state index is -3.26. The van der Waals surface area contributed by atoms with Gasteiger partial charge in [0.05, 0.1) is 17.6 Å². The number of benzene rings is 1. The first-order chi connectivity index (χ1) is 9.37. The molecule has 1 aliphatic rings. The second-order valence-corrected chi connectivity index (χ2v) is 7.72. The van der Waals surface area contributed by atoms with E-state index in [2.05, 4.69) is 23.9 Å². The fourth-order valence-electron chi connectivity index (χ4n) is 3.04. The van der Waals surface area contributed by atoms with Crippen LogP contribution in [0.4, 0.5) is 11.4 Å². The lowest BCUT2D eigenvalue weighted by molar-refractivity contribution is 0.268. The Morgan fingerprint density at radius 2 is 1.60 bits per heavy atom. The number of hydrogen-bond acceptors (Lipinski definition) is 3. The van der Waals surface area contributed by atoms with Gasteiger partial charge in [0.2, 0.25) is 10.0 Å². The Labute approximate surface area is 122 Å². The number of para-hydroxylation sites is 2. The first kappa shape index (κ1) is 15.2. The third-order valence-electron chi connectivity index (χ3n) is 4.09. The van der Waals surface area contributed by atoms with Crippen molar-refractivity contribution in [3.8, 4) is 0 Å². The molecule has 2 rings (SSSR count). The molecule has 20 heavy (non-hydrogen) atoms. The molecule has 0 heterocycles. The first-order valence-electron chi connectivity index (χ1n) is 7.20. The van der Waals surface area contributed by atoms with Crippen LogP contribution in [-0.4, -0.2) is 20.7 Å². The maximum atomic E-state index is 11.4. The molecule has 1 fully saturated rings. The highest BCUT2D eigenvalue weighted by atomic mass is 32.2. The quantitative estimate of drug-likeness (QED) is 0.896. The van der Waals surface area contributed by atoms with E-state index in [-0.39, 0.29) is 0 Å². The van der Waals surface area contributed by atoms with E-state index >= 15 is 0 Å². The van der Waals surface area contributed by atoms with E-state index in [4.69, 9.17) is 0 Å². The maximum absolute atomic E-state index is 11.4. The highest BCUT2D eigenvalue weighted by molar-refractivity contribution is 7.92. The molecule has 1 aromatic rings. The molecule has 112 valence electrons. The maximum Gasteiger partial charge on any atom is 0.229 e. The van der Waals surface area contributed by atoms with Gasteiger partial charge in [0, 0.05) is 6.04 Å². The molecule has 0 aliphatic heterocycles. The summed E-state index contributed by atoms with van der Waals surface area (Å²) in [6.45, 7) is 4.53. The van der Waals surface area contributed by atoms with Crippen LogP contribution in [0.5, 0.6) is 0 Å². The van der Waals surface area contributed by atoms with Crippen LogP contribution in [0.1, 0.15) is 33.1 Å². The highest BCUT2D eigenvalue weighted by Gasteiger charge is 2.28. The van der Waals surface area contributed by atoms with Crippen LogP contribution >= 0.6 is 0 Å². The average Bonchev–Trinajstić information content (AvgIpc) is 2.34. The van der Waals surface area contributed by atoms with Crippen LogP contribution in [-0.2, 0) is 10.0 Å². The molecular formula is C15H24N2O2S. The Kier molecular flexibility index (Phi) is 4.58. The molecule has 4 nitrogen and oxygen atoms in total. The molecule has 5 heteroatoms. The predicted octanol–water partition coefficient (Wildman–Crippen LogP) is 3.29. The first-order valence-corrected chi connectivity index (χ1v) is 9.09. The van der Waals surface area contributed by atoms with E-state index < -0.39 is 10.0 Å². The molecule has 0 amide bonds. The van der Waals surface area contributed by atoms with Crippen LogP contribution in [0, 0.1) is 11.8 Å². The van der Waals surface area contributed by atoms with E-state index in [0.717, 1.165) is 5.69 Å². The summed E-state index contributed by atoms with van der Waals surface area (Å²) in [7, 11) is -3.26. The van der Waals surface area contributed by atoms with E-state index in [1.165, 1.54) is 25.5 Å². The van der Waals surface area contributed by atoms with Crippen LogP contribution in [0.2, 0.25) is 0 Å². The van der Waals surface area contributed by atoms with Gasteiger partial charge in [-0.3, -0.25) is 4.72 Å². The Morgan fingerprint density at radius 1 is 1.05 bits per heavy atom. The number of anilines is 2. The van der Waals surface area contributed by atoms with Crippen molar-refractivity contribution >= 4 is 21.4 Å². The fourth-order valence-corrected chi connectivity index (χ4v) is 3.62. The summed E-state index contributed by atoms with van der Waals surface area (Å²) in [6.07, 6.45) is 4.91. The lowest BCUT2D eigenvalue weighted by Crippen LogP contribution is -2.37.